The fourth-order valence-corrected chi connectivity index (χ4v) is 3.24. The average Bonchev–Trinajstić information content (AvgIpc) is 3.04. The zero-order chi connectivity index (χ0) is 16.6. The van der Waals surface area contributed by atoms with Crippen molar-refractivity contribution in [3.8, 4) is 0 Å². The molecule has 1 unspecified atom stereocenters. The first kappa shape index (κ1) is 15.9. The lowest BCUT2D eigenvalue weighted by molar-refractivity contribution is -0.133. The Bertz CT molecular complexity index is 753. The Morgan fingerprint density at radius 2 is 2.26 bits per heavy atom. The highest BCUT2D eigenvalue weighted by Gasteiger charge is 2.33. The number of amides is 2. The summed E-state index contributed by atoms with van der Waals surface area (Å²) >= 11 is 6.02. The molecule has 0 radical (unpaired) electrons. The predicted octanol–water partition coefficient (Wildman–Crippen LogP) is 2.49. The van der Waals surface area contributed by atoms with Gasteiger partial charge in [-0.05, 0) is 44.0 Å². The number of rotatable bonds is 4. The summed E-state index contributed by atoms with van der Waals surface area (Å²) in [5, 5.41) is 4.43. The monoisotopic (exact) mass is 333 g/mol. The van der Waals surface area contributed by atoms with Gasteiger partial charge in [0.05, 0.1) is 6.42 Å². The van der Waals surface area contributed by atoms with Crippen LogP contribution in [0.3, 0.4) is 0 Å². The van der Waals surface area contributed by atoms with Gasteiger partial charge in [0.1, 0.15) is 6.04 Å². The van der Waals surface area contributed by atoms with E-state index in [4.69, 9.17) is 11.6 Å². The van der Waals surface area contributed by atoms with Crippen LogP contribution in [0.2, 0.25) is 5.02 Å². The molecule has 1 aliphatic rings. The maximum atomic E-state index is 12.3. The number of benzene rings is 1. The van der Waals surface area contributed by atoms with Crippen molar-refractivity contribution in [1.82, 2.24) is 15.2 Å². The van der Waals surface area contributed by atoms with Crippen LogP contribution in [0.4, 0.5) is 0 Å². The summed E-state index contributed by atoms with van der Waals surface area (Å²) in [6.07, 6.45) is 2.71. The molecule has 0 saturated carbocycles. The number of nitrogens with one attached hydrogen (secondary N) is 2. The van der Waals surface area contributed by atoms with E-state index >= 15 is 0 Å². The Labute approximate surface area is 140 Å². The Balaban J connectivity index is 1.68. The molecular weight excluding hydrogens is 314 g/mol. The molecule has 0 bridgehead atoms. The molecule has 23 heavy (non-hydrogen) atoms. The van der Waals surface area contributed by atoms with Gasteiger partial charge in [-0.3, -0.25) is 9.59 Å². The van der Waals surface area contributed by atoms with Gasteiger partial charge in [-0.1, -0.05) is 11.6 Å². The first-order valence-electron chi connectivity index (χ1n) is 7.81. The standard InChI is InChI=1S/C17H20ClN3O2/c1-10(2)21-6-5-15(17(21)23)20-16(22)7-11-9-19-14-4-3-12(18)8-13(11)14/h3-4,8-10,15,19H,5-7H2,1-2H3,(H,20,22). The topological polar surface area (TPSA) is 65.2 Å². The fraction of sp³-hybridized carbons (Fsp3) is 0.412. The molecule has 1 saturated heterocycles. The highest BCUT2D eigenvalue weighted by atomic mass is 35.5. The molecule has 2 amide bonds. The molecule has 1 fully saturated rings. The molecular formula is C17H20ClN3O2. The van der Waals surface area contributed by atoms with E-state index in [1.165, 1.54) is 0 Å². The Hall–Kier alpha value is -2.01. The SMILES string of the molecule is CC(C)N1CCC(NC(=O)Cc2c[nH]c3ccc(Cl)cc23)C1=O. The van der Waals surface area contributed by atoms with E-state index in [-0.39, 0.29) is 24.3 Å². The van der Waals surface area contributed by atoms with Crippen molar-refractivity contribution in [2.75, 3.05) is 6.54 Å². The fourth-order valence-electron chi connectivity index (χ4n) is 3.06. The van der Waals surface area contributed by atoms with E-state index < -0.39 is 6.04 Å². The number of halogens is 1. The minimum Gasteiger partial charge on any atom is -0.361 e. The highest BCUT2D eigenvalue weighted by Crippen LogP contribution is 2.23. The number of carbonyl (C=O) groups excluding carboxylic acids is 2. The quantitative estimate of drug-likeness (QED) is 0.902. The van der Waals surface area contributed by atoms with Crippen LogP contribution >= 0.6 is 11.6 Å². The zero-order valence-corrected chi connectivity index (χ0v) is 14.0. The summed E-state index contributed by atoms with van der Waals surface area (Å²) < 4.78 is 0. The molecule has 3 rings (SSSR count). The summed E-state index contributed by atoms with van der Waals surface area (Å²) in [5.74, 6) is -0.134. The van der Waals surface area contributed by atoms with Gasteiger partial charge in [0, 0.05) is 34.7 Å². The molecule has 1 aliphatic heterocycles. The predicted molar refractivity (Wildman–Crippen MR) is 90.4 cm³/mol. The smallest absolute Gasteiger partial charge is 0.245 e. The van der Waals surface area contributed by atoms with Gasteiger partial charge in [-0.2, -0.15) is 0 Å². The van der Waals surface area contributed by atoms with E-state index in [1.54, 1.807) is 4.90 Å². The lowest BCUT2D eigenvalue weighted by atomic mass is 10.1. The molecule has 2 aromatic rings. The number of fused-ring (bicyclic) bond motifs is 1. The minimum absolute atomic E-state index is 0.00956. The number of H-pyrrole nitrogens is 1. The van der Waals surface area contributed by atoms with Crippen molar-refractivity contribution in [2.45, 2.75) is 38.8 Å². The molecule has 2 N–H and O–H groups in total. The summed E-state index contributed by atoms with van der Waals surface area (Å²) in [5.41, 5.74) is 1.83. The second-order valence-electron chi connectivity index (χ2n) is 6.21. The number of hydrogen-bond donors (Lipinski definition) is 2. The van der Waals surface area contributed by atoms with Gasteiger partial charge in [-0.15, -0.1) is 0 Å². The van der Waals surface area contributed by atoms with Crippen LogP contribution < -0.4 is 5.32 Å². The number of nitrogens with zero attached hydrogens (tertiary/aromatic N) is 1. The Kier molecular flexibility index (Phi) is 4.31. The number of hydrogen-bond acceptors (Lipinski definition) is 2. The van der Waals surface area contributed by atoms with Crippen molar-refractivity contribution in [2.24, 2.45) is 0 Å². The van der Waals surface area contributed by atoms with E-state index in [9.17, 15) is 9.59 Å². The molecule has 1 aromatic heterocycles. The molecule has 5 nitrogen and oxygen atoms in total. The van der Waals surface area contributed by atoms with Crippen LogP contribution in [-0.4, -0.2) is 40.3 Å². The van der Waals surface area contributed by atoms with E-state index in [1.807, 2.05) is 38.2 Å². The molecule has 0 aliphatic carbocycles. The largest absolute Gasteiger partial charge is 0.361 e. The number of aromatic amines is 1. The maximum absolute atomic E-state index is 12.3. The van der Waals surface area contributed by atoms with Gasteiger partial charge in [0.15, 0.2) is 0 Å². The summed E-state index contributed by atoms with van der Waals surface area (Å²) in [4.78, 5) is 29.5. The van der Waals surface area contributed by atoms with Crippen LogP contribution in [0.5, 0.6) is 0 Å². The highest BCUT2D eigenvalue weighted by molar-refractivity contribution is 6.31. The van der Waals surface area contributed by atoms with Crippen LogP contribution in [-0.2, 0) is 16.0 Å². The molecule has 0 spiro atoms. The minimum atomic E-state index is -0.404. The van der Waals surface area contributed by atoms with Crippen LogP contribution in [0.15, 0.2) is 24.4 Å². The molecule has 122 valence electrons. The van der Waals surface area contributed by atoms with E-state index in [0.29, 0.717) is 18.0 Å². The molecule has 2 heterocycles. The Morgan fingerprint density at radius 1 is 1.48 bits per heavy atom. The average molecular weight is 334 g/mol. The van der Waals surface area contributed by atoms with Gasteiger partial charge in [-0.25, -0.2) is 0 Å². The van der Waals surface area contributed by atoms with Gasteiger partial charge < -0.3 is 15.2 Å². The summed E-state index contributed by atoms with van der Waals surface area (Å²) in [7, 11) is 0. The summed E-state index contributed by atoms with van der Waals surface area (Å²) in [6, 6.07) is 5.30. The lowest BCUT2D eigenvalue weighted by Gasteiger charge is -2.21. The molecule has 1 aromatic carbocycles. The second kappa shape index (κ2) is 6.24. The third-order valence-corrected chi connectivity index (χ3v) is 4.51. The van der Waals surface area contributed by atoms with Crippen LogP contribution in [0, 0.1) is 0 Å². The normalized spacial score (nSPS) is 18.2. The van der Waals surface area contributed by atoms with E-state index in [0.717, 1.165) is 16.5 Å². The van der Waals surface area contributed by atoms with E-state index in [2.05, 4.69) is 10.3 Å². The first-order chi connectivity index (χ1) is 11.0. The summed E-state index contributed by atoms with van der Waals surface area (Å²) in [6.45, 7) is 4.67. The van der Waals surface area contributed by atoms with Gasteiger partial charge >= 0.3 is 0 Å². The number of aromatic nitrogens is 1. The third kappa shape index (κ3) is 3.20. The first-order valence-corrected chi connectivity index (χ1v) is 8.19. The van der Waals surface area contributed by atoms with Crippen molar-refractivity contribution in [1.29, 1.82) is 0 Å². The van der Waals surface area contributed by atoms with Crippen molar-refractivity contribution in [3.05, 3.63) is 35.0 Å². The van der Waals surface area contributed by atoms with Crippen LogP contribution in [0.25, 0.3) is 10.9 Å². The number of carbonyl (C=O) groups is 2. The lowest BCUT2D eigenvalue weighted by Crippen LogP contribution is -2.43. The zero-order valence-electron chi connectivity index (χ0n) is 13.2. The maximum Gasteiger partial charge on any atom is 0.245 e. The second-order valence-corrected chi connectivity index (χ2v) is 6.65. The molecule has 1 atom stereocenters. The number of likely N-dealkylation sites (tertiary alicyclic amines) is 1. The Morgan fingerprint density at radius 3 is 2.96 bits per heavy atom. The van der Waals surface area contributed by atoms with Gasteiger partial charge in [0.25, 0.3) is 0 Å². The molecule has 6 heteroatoms. The van der Waals surface area contributed by atoms with Crippen molar-refractivity contribution in [3.63, 3.8) is 0 Å². The van der Waals surface area contributed by atoms with Crippen LogP contribution in [0.1, 0.15) is 25.8 Å². The van der Waals surface area contributed by atoms with Crippen molar-refractivity contribution >= 4 is 34.3 Å². The van der Waals surface area contributed by atoms with Crippen molar-refractivity contribution < 1.29 is 9.59 Å². The third-order valence-electron chi connectivity index (χ3n) is 4.28. The van der Waals surface area contributed by atoms with Gasteiger partial charge in [0.2, 0.25) is 11.8 Å².